The minimum atomic E-state index is -1.33. The first-order valence-electron chi connectivity index (χ1n) is 23.9. The van der Waals surface area contributed by atoms with E-state index < -0.39 is 25.8 Å². The fraction of sp³-hybridized carbons (Fsp3) is 0.481. The smallest absolute Gasteiger partial charge is 0.419 e. The average Bonchev–Trinajstić information content (AvgIpc) is 4.04. The molecule has 1 N–H and O–H groups in total. The number of pyridine rings is 1. The first-order chi connectivity index (χ1) is 32.4. The number of fused-ring (bicyclic) bond motifs is 3. The highest BCUT2D eigenvalue weighted by Crippen LogP contribution is 2.36. The number of piperidine rings is 1. The average molecular weight is 941 g/mol. The van der Waals surface area contributed by atoms with Crippen LogP contribution in [0.3, 0.4) is 0 Å². The van der Waals surface area contributed by atoms with Gasteiger partial charge < -0.3 is 19.7 Å². The molecule has 0 spiro atoms. The predicted molar refractivity (Wildman–Crippen MR) is 264 cm³/mol. The van der Waals surface area contributed by atoms with E-state index in [-0.39, 0.29) is 55.8 Å². The zero-order valence-electron chi connectivity index (χ0n) is 40.7. The lowest BCUT2D eigenvalue weighted by Crippen LogP contribution is -2.55. The molecule has 16 heteroatoms. The van der Waals surface area contributed by atoms with Crippen molar-refractivity contribution in [2.75, 3.05) is 32.2 Å². The van der Waals surface area contributed by atoms with Crippen LogP contribution in [0.2, 0.25) is 25.7 Å². The van der Waals surface area contributed by atoms with Gasteiger partial charge in [-0.25, -0.2) is 14.3 Å². The number of carbonyl (C=O) groups is 5. The molecule has 0 saturated carbocycles. The van der Waals surface area contributed by atoms with E-state index in [1.807, 2.05) is 62.7 Å². The minimum absolute atomic E-state index is 0.0604. The molecule has 2 fully saturated rings. The molecule has 2 saturated heterocycles. The van der Waals surface area contributed by atoms with Crippen molar-refractivity contribution in [1.82, 2.24) is 34.0 Å². The molecule has 68 heavy (non-hydrogen) atoms. The Morgan fingerprint density at radius 2 is 1.78 bits per heavy atom. The molecule has 2 aromatic carbocycles. The maximum atomic E-state index is 13.8. The third-order valence-electron chi connectivity index (χ3n) is 13.1. The van der Waals surface area contributed by atoms with E-state index in [4.69, 9.17) is 14.6 Å². The molecule has 0 radical (unpaired) electrons. The third kappa shape index (κ3) is 10.6. The van der Waals surface area contributed by atoms with Gasteiger partial charge in [0.05, 0.1) is 22.8 Å². The molecule has 358 valence electrons. The lowest BCUT2D eigenvalue weighted by molar-refractivity contribution is -0.158. The molecule has 3 aliphatic rings. The van der Waals surface area contributed by atoms with E-state index in [1.54, 1.807) is 33.9 Å². The molecule has 15 nitrogen and oxygen atoms in total. The monoisotopic (exact) mass is 940 g/mol. The van der Waals surface area contributed by atoms with Crippen LogP contribution < -0.4 is 5.32 Å². The summed E-state index contributed by atoms with van der Waals surface area (Å²) >= 11 is 0. The van der Waals surface area contributed by atoms with Crippen molar-refractivity contribution in [2.24, 2.45) is 0 Å². The topological polar surface area (TPSA) is 161 Å². The molecule has 2 atom stereocenters. The van der Waals surface area contributed by atoms with Gasteiger partial charge in [0.1, 0.15) is 24.2 Å². The number of likely N-dealkylation sites (tertiary alicyclic amines) is 2. The van der Waals surface area contributed by atoms with Crippen LogP contribution in [0, 0.1) is 18.8 Å². The Morgan fingerprint density at radius 3 is 2.53 bits per heavy atom. The van der Waals surface area contributed by atoms with Crippen LogP contribution in [-0.4, -0.2) is 110 Å². The molecule has 4 amide bonds. The number of imide groups is 1. The lowest BCUT2D eigenvalue weighted by atomic mass is 10.0. The normalized spacial score (nSPS) is 17.9. The predicted octanol–water partition coefficient (Wildman–Crippen LogP) is 8.89. The number of nitrogens with zero attached hydrogens (tertiary/aromatic N) is 7. The fourth-order valence-corrected chi connectivity index (χ4v) is 10.1. The summed E-state index contributed by atoms with van der Waals surface area (Å²) in [5.41, 5.74) is 5.12. The Hall–Kier alpha value is -6.15. The van der Waals surface area contributed by atoms with Gasteiger partial charge in [-0.15, -0.1) is 0 Å². The number of aryl methyl sites for hydroxylation is 2. The zero-order valence-corrected chi connectivity index (χ0v) is 41.7. The molecule has 5 aromatic rings. The van der Waals surface area contributed by atoms with Gasteiger partial charge in [0, 0.05) is 86.0 Å². The summed E-state index contributed by atoms with van der Waals surface area (Å²) in [6, 6.07) is 15.1. The lowest BCUT2D eigenvalue weighted by Gasteiger charge is -2.35. The van der Waals surface area contributed by atoms with Gasteiger partial charge in [-0.3, -0.25) is 33.7 Å². The van der Waals surface area contributed by atoms with Gasteiger partial charge in [-0.2, -0.15) is 5.10 Å². The Bertz CT molecular complexity index is 2840. The van der Waals surface area contributed by atoms with Crippen LogP contribution in [0.15, 0.2) is 54.7 Å². The summed E-state index contributed by atoms with van der Waals surface area (Å²) in [7, 11) is 0.731. The molecule has 1 unspecified atom stereocenters. The molecular formula is C52H64N8O7Si. The highest BCUT2D eigenvalue weighted by atomic mass is 28.3. The Morgan fingerprint density at radius 1 is 0.971 bits per heavy atom. The number of amides is 4. The number of ether oxygens (including phenoxy) is 2. The number of aromatic nitrogens is 4. The number of anilines is 1. The number of carbonyl (C=O) groups excluding carboxylic acids is 5. The zero-order chi connectivity index (χ0) is 48.5. The fourth-order valence-electron chi connectivity index (χ4n) is 9.39. The summed E-state index contributed by atoms with van der Waals surface area (Å²) in [5, 5.41) is 9.53. The van der Waals surface area contributed by atoms with Crippen molar-refractivity contribution >= 4 is 65.4 Å². The second-order valence-corrected chi connectivity index (χ2v) is 26.2. The van der Waals surface area contributed by atoms with Gasteiger partial charge in [-0.1, -0.05) is 50.0 Å². The first-order valence-corrected chi connectivity index (χ1v) is 27.6. The van der Waals surface area contributed by atoms with Crippen molar-refractivity contribution in [1.29, 1.82) is 0 Å². The molecule has 8 rings (SSSR count). The number of benzene rings is 2. The quantitative estimate of drug-likeness (QED) is 0.0493. The maximum Gasteiger partial charge on any atom is 0.419 e. The molecule has 3 aliphatic heterocycles. The number of hydrogen-bond acceptors (Lipinski definition) is 10. The Kier molecular flexibility index (Phi) is 14.1. The van der Waals surface area contributed by atoms with E-state index in [1.165, 1.54) is 4.90 Å². The number of nitrogens with one attached hydrogen (secondary N) is 1. The van der Waals surface area contributed by atoms with Crippen molar-refractivity contribution in [3.8, 4) is 11.8 Å². The largest absolute Gasteiger partial charge is 0.443 e. The summed E-state index contributed by atoms with van der Waals surface area (Å²) < 4.78 is 15.2. The van der Waals surface area contributed by atoms with Crippen LogP contribution >= 0.6 is 0 Å². The summed E-state index contributed by atoms with van der Waals surface area (Å²) in [4.78, 5) is 76.9. The standard InChI is InChI=1S/C52H64N8O7Si/c1-34-38-21-20-36(48(62)54-46-30-43-37(31-53-46)29-45(41-19-15-24-56(41)5)60(43)51(65)67-52(2,3)4)28-44(38)59(55-34)25-13-11-9-10-12-16-35-17-14-18-39-40(35)32-57(49(39)63)42-22-23-47(61)58(50(42)64)33-66-26-27-68(6,7)8/h14,17-18,20-21,28-31,41-42H,9-11,13,15,19,22-27,32-33H2,1-8H3,(H,53,54,62)/t41-,42?/m1/s1. The summed E-state index contributed by atoms with van der Waals surface area (Å²) in [5.74, 6) is 5.73. The van der Waals surface area contributed by atoms with Crippen molar-refractivity contribution in [3.63, 3.8) is 0 Å². The minimum Gasteiger partial charge on any atom is -0.443 e. The second kappa shape index (κ2) is 19.8. The molecule has 0 bridgehead atoms. The number of hydrogen-bond donors (Lipinski definition) is 1. The Labute approximate surface area is 399 Å². The van der Waals surface area contributed by atoms with Crippen LogP contribution in [0.4, 0.5) is 10.6 Å². The van der Waals surface area contributed by atoms with E-state index >= 15 is 0 Å². The highest BCUT2D eigenvalue weighted by molar-refractivity contribution is 6.76. The van der Waals surface area contributed by atoms with Crippen molar-refractivity contribution in [3.05, 3.63) is 88.4 Å². The number of rotatable bonds is 14. The van der Waals surface area contributed by atoms with Gasteiger partial charge in [0.2, 0.25) is 5.91 Å². The molecular weight excluding hydrogens is 877 g/mol. The van der Waals surface area contributed by atoms with Gasteiger partial charge in [0.15, 0.2) is 0 Å². The van der Waals surface area contributed by atoms with Crippen molar-refractivity contribution < 1.29 is 33.4 Å². The highest BCUT2D eigenvalue weighted by Gasteiger charge is 2.43. The maximum absolute atomic E-state index is 13.8. The first kappa shape index (κ1) is 48.3. The molecule has 6 heterocycles. The molecule has 3 aromatic heterocycles. The van der Waals surface area contributed by atoms with Crippen LogP contribution in [0.1, 0.15) is 121 Å². The Balaban J connectivity index is 0.869. The van der Waals surface area contributed by atoms with Crippen LogP contribution in [-0.2, 0) is 32.2 Å². The van der Waals surface area contributed by atoms with E-state index in [0.29, 0.717) is 42.0 Å². The summed E-state index contributed by atoms with van der Waals surface area (Å²) in [6.45, 7) is 16.5. The van der Waals surface area contributed by atoms with E-state index in [9.17, 15) is 24.0 Å². The van der Waals surface area contributed by atoms with Gasteiger partial charge in [-0.05, 0) is 115 Å². The molecule has 0 aliphatic carbocycles. The van der Waals surface area contributed by atoms with Gasteiger partial charge >= 0.3 is 6.09 Å². The van der Waals surface area contributed by atoms with Crippen LogP contribution in [0.25, 0.3) is 21.8 Å². The van der Waals surface area contributed by atoms with Crippen molar-refractivity contribution in [2.45, 2.75) is 136 Å². The second-order valence-electron chi connectivity index (χ2n) is 20.6. The van der Waals surface area contributed by atoms with Crippen LogP contribution in [0.5, 0.6) is 0 Å². The third-order valence-corrected chi connectivity index (χ3v) is 14.8. The number of unbranched alkanes of at least 4 members (excludes halogenated alkanes) is 3. The summed E-state index contributed by atoms with van der Waals surface area (Å²) in [6.07, 6.45) is 6.96. The van der Waals surface area contributed by atoms with Gasteiger partial charge in [0.25, 0.3) is 17.7 Å². The van der Waals surface area contributed by atoms with E-state index in [2.05, 4.69) is 53.7 Å². The SMILES string of the molecule is Cc1nn(CCCCCC#Cc2cccc3c2CN(C2CCC(=O)N(COCC[Si](C)(C)C)C2=O)C3=O)c2cc(C(=O)Nc3cc4c(cn3)cc([C@H]3CCCN3C)n4C(=O)OC(C)(C)C)ccc12. The van der Waals surface area contributed by atoms with E-state index in [0.717, 1.165) is 83.5 Å².